The molecule has 158 valence electrons. The highest BCUT2D eigenvalue weighted by Crippen LogP contribution is 2.29. The number of hydrogen-bond acceptors (Lipinski definition) is 4. The van der Waals surface area contributed by atoms with Crippen molar-refractivity contribution in [3.8, 4) is 11.5 Å². The smallest absolute Gasteiger partial charge is 0.243 e. The van der Waals surface area contributed by atoms with Crippen LogP contribution < -0.4 is 4.74 Å². The van der Waals surface area contributed by atoms with Crippen LogP contribution in [0.15, 0.2) is 58.3 Å². The van der Waals surface area contributed by atoms with Crippen molar-refractivity contribution in [1.82, 2.24) is 8.61 Å². The third kappa shape index (κ3) is 3.93. The number of aliphatic hydroxyl groups is 1. The first-order chi connectivity index (χ1) is 13.8. The lowest BCUT2D eigenvalue weighted by molar-refractivity contribution is 0.434. The second kappa shape index (κ2) is 8.45. The summed E-state index contributed by atoms with van der Waals surface area (Å²) in [5.74, 6) is 1.02. The number of benzene rings is 2. The van der Waals surface area contributed by atoms with E-state index in [2.05, 4.69) is 0 Å². The van der Waals surface area contributed by atoms with Gasteiger partial charge in [0.1, 0.15) is 16.5 Å². The number of ether oxygens (including phenoxy) is 1. The Morgan fingerprint density at radius 3 is 1.97 bits per heavy atom. The standard InChI is InChI=1S/C20H26N2O5S2/c1-4-21(5-2)29(25,26)19-13-9-17(10-14-19)27-16-7-11-18(12-8-16)28(24)20(23)15-22(28)6-3/h7-14,23H,4-6,15H2,1-3H3. The summed E-state index contributed by atoms with van der Waals surface area (Å²) >= 11 is 0. The summed E-state index contributed by atoms with van der Waals surface area (Å²) in [5.41, 5.74) is 0. The molecule has 1 aliphatic heterocycles. The zero-order valence-corrected chi connectivity index (χ0v) is 18.4. The van der Waals surface area contributed by atoms with Gasteiger partial charge in [-0.3, -0.25) is 0 Å². The minimum absolute atomic E-state index is 0.00183. The van der Waals surface area contributed by atoms with E-state index in [-0.39, 0.29) is 9.95 Å². The minimum Gasteiger partial charge on any atom is -0.457 e. The fourth-order valence-electron chi connectivity index (χ4n) is 3.21. The Kier molecular flexibility index (Phi) is 6.35. The molecule has 0 aliphatic carbocycles. The summed E-state index contributed by atoms with van der Waals surface area (Å²) in [6.45, 7) is 7.24. The second-order valence-electron chi connectivity index (χ2n) is 6.51. The molecule has 0 saturated carbocycles. The molecule has 1 atom stereocenters. The summed E-state index contributed by atoms with van der Waals surface area (Å²) in [4.78, 5) is 0.757. The lowest BCUT2D eigenvalue weighted by atomic mass is 10.3. The molecule has 0 bridgehead atoms. The van der Waals surface area contributed by atoms with Gasteiger partial charge < -0.3 is 9.84 Å². The molecule has 2 aromatic rings. The van der Waals surface area contributed by atoms with Crippen LogP contribution in [0.25, 0.3) is 0 Å². The number of nitrogens with zero attached hydrogens (tertiary/aromatic N) is 2. The van der Waals surface area contributed by atoms with Gasteiger partial charge in [0.15, 0.2) is 0 Å². The zero-order chi connectivity index (χ0) is 21.2. The summed E-state index contributed by atoms with van der Waals surface area (Å²) in [6, 6.07) is 13.0. The van der Waals surface area contributed by atoms with E-state index in [1.54, 1.807) is 54.6 Å². The van der Waals surface area contributed by atoms with Crippen LogP contribution >= 0.6 is 0 Å². The fourth-order valence-corrected chi connectivity index (χ4v) is 6.83. The molecule has 1 aliphatic rings. The van der Waals surface area contributed by atoms with E-state index in [1.807, 2.05) is 6.92 Å². The fraction of sp³-hybridized carbons (Fsp3) is 0.350. The molecule has 0 spiro atoms. The van der Waals surface area contributed by atoms with Crippen molar-refractivity contribution in [2.75, 3.05) is 26.2 Å². The molecule has 1 unspecified atom stereocenters. The Morgan fingerprint density at radius 2 is 1.52 bits per heavy atom. The second-order valence-corrected chi connectivity index (χ2v) is 11.0. The Balaban J connectivity index is 1.77. The van der Waals surface area contributed by atoms with E-state index in [0.29, 0.717) is 42.6 Å². The first-order valence-electron chi connectivity index (χ1n) is 9.49. The van der Waals surface area contributed by atoms with Crippen LogP contribution in [0.3, 0.4) is 0 Å². The van der Waals surface area contributed by atoms with Crippen LogP contribution in [0.2, 0.25) is 0 Å². The van der Waals surface area contributed by atoms with Crippen LogP contribution in [0, 0.1) is 0 Å². The average Bonchev–Trinajstić information content (AvgIpc) is 2.73. The van der Waals surface area contributed by atoms with Crippen LogP contribution in [0.5, 0.6) is 11.5 Å². The minimum atomic E-state index is -3.51. The average molecular weight is 439 g/mol. The van der Waals surface area contributed by atoms with Crippen LogP contribution in [0.4, 0.5) is 0 Å². The zero-order valence-electron chi connectivity index (χ0n) is 16.7. The lowest BCUT2D eigenvalue weighted by Gasteiger charge is -2.35. The van der Waals surface area contributed by atoms with Gasteiger partial charge in [0.25, 0.3) is 0 Å². The van der Waals surface area contributed by atoms with E-state index in [9.17, 15) is 17.7 Å². The summed E-state index contributed by atoms with van der Waals surface area (Å²) in [5, 5.41) is 9.91. The van der Waals surface area contributed by atoms with Gasteiger partial charge in [0.05, 0.1) is 21.1 Å². The Morgan fingerprint density at radius 1 is 1.00 bits per heavy atom. The molecule has 0 amide bonds. The Labute approximate surface area is 172 Å². The highest BCUT2D eigenvalue weighted by molar-refractivity contribution is 8.01. The van der Waals surface area contributed by atoms with Gasteiger partial charge in [-0.05, 0) is 48.5 Å². The van der Waals surface area contributed by atoms with Crippen molar-refractivity contribution in [3.63, 3.8) is 0 Å². The molecule has 0 aromatic heterocycles. The predicted octanol–water partition coefficient (Wildman–Crippen LogP) is 3.09. The first kappa shape index (κ1) is 21.8. The van der Waals surface area contributed by atoms with Gasteiger partial charge >= 0.3 is 0 Å². The number of hydrogen-bond donors (Lipinski definition) is 1. The molecule has 1 heterocycles. The van der Waals surface area contributed by atoms with Gasteiger partial charge in [-0.2, -0.15) is 4.31 Å². The van der Waals surface area contributed by atoms with Crippen molar-refractivity contribution in [2.45, 2.75) is 30.6 Å². The highest BCUT2D eigenvalue weighted by atomic mass is 32.2. The van der Waals surface area contributed by atoms with Gasteiger partial charge in [-0.15, -0.1) is 0 Å². The first-order valence-corrected chi connectivity index (χ1v) is 12.4. The highest BCUT2D eigenvalue weighted by Gasteiger charge is 2.33. The summed E-state index contributed by atoms with van der Waals surface area (Å²) in [7, 11) is -6.19. The largest absolute Gasteiger partial charge is 0.457 e. The van der Waals surface area contributed by atoms with E-state index in [1.165, 1.54) is 16.4 Å². The van der Waals surface area contributed by atoms with Crippen molar-refractivity contribution in [3.05, 3.63) is 48.5 Å². The van der Waals surface area contributed by atoms with Crippen molar-refractivity contribution < 1.29 is 22.5 Å². The number of aliphatic hydroxyl groups excluding tert-OH is 1. The van der Waals surface area contributed by atoms with Gasteiger partial charge in [-0.1, -0.05) is 20.8 Å². The SMILES string of the molecule is CCN(CC)S(=O)(=O)c1ccc(Oc2ccc(S3(=O)=C(O)CN3CC)cc2)cc1. The number of sulfonamides is 1. The third-order valence-electron chi connectivity index (χ3n) is 4.89. The quantitative estimate of drug-likeness (QED) is 0.640. The van der Waals surface area contributed by atoms with E-state index in [4.69, 9.17) is 4.74 Å². The summed E-state index contributed by atoms with van der Waals surface area (Å²) < 4.78 is 47.0. The van der Waals surface area contributed by atoms with Crippen molar-refractivity contribution in [2.24, 2.45) is 0 Å². The normalized spacial score (nSPS) is 20.0. The maximum absolute atomic E-state index is 13.0. The molecule has 1 N–H and O–H groups in total. The molecule has 2 aromatic carbocycles. The molecule has 0 radical (unpaired) electrons. The number of likely N-dealkylation sites (N-methyl/N-ethyl adjacent to an activating group) is 1. The Hall–Kier alpha value is -1.91. The lowest BCUT2D eigenvalue weighted by Crippen LogP contribution is -2.49. The third-order valence-corrected chi connectivity index (χ3v) is 9.75. The van der Waals surface area contributed by atoms with Crippen LogP contribution in [0.1, 0.15) is 20.8 Å². The molecular weight excluding hydrogens is 412 g/mol. The molecular formula is C20H26N2O5S2. The molecule has 0 fully saturated rings. The van der Waals surface area contributed by atoms with Gasteiger partial charge in [-0.25, -0.2) is 16.9 Å². The van der Waals surface area contributed by atoms with Crippen LogP contribution in [-0.4, -0.2) is 57.6 Å². The van der Waals surface area contributed by atoms with E-state index < -0.39 is 19.7 Å². The molecule has 3 rings (SSSR count). The van der Waals surface area contributed by atoms with Crippen molar-refractivity contribution >= 4 is 24.8 Å². The number of rotatable bonds is 8. The maximum Gasteiger partial charge on any atom is 0.243 e. The Bertz CT molecular complexity index is 1080. The molecule has 0 saturated heterocycles. The molecule has 29 heavy (non-hydrogen) atoms. The summed E-state index contributed by atoms with van der Waals surface area (Å²) in [6.07, 6.45) is 0. The maximum atomic E-state index is 13.0. The molecule has 7 nitrogen and oxygen atoms in total. The van der Waals surface area contributed by atoms with E-state index >= 15 is 0 Å². The van der Waals surface area contributed by atoms with E-state index in [0.717, 1.165) is 0 Å². The monoisotopic (exact) mass is 438 g/mol. The molecule has 9 heteroatoms. The van der Waals surface area contributed by atoms with Crippen molar-refractivity contribution in [1.29, 1.82) is 0 Å². The topological polar surface area (TPSA) is 87.1 Å². The van der Waals surface area contributed by atoms with Gasteiger partial charge in [0.2, 0.25) is 10.0 Å². The predicted molar refractivity (Wildman–Crippen MR) is 114 cm³/mol. The van der Waals surface area contributed by atoms with Crippen LogP contribution in [-0.2, 0) is 19.7 Å². The van der Waals surface area contributed by atoms with Gasteiger partial charge in [0, 0.05) is 24.5 Å².